The number of benzene rings is 2. The predicted octanol–water partition coefficient (Wildman–Crippen LogP) is 3.28. The Hall–Kier alpha value is -2.75. The first-order valence-corrected chi connectivity index (χ1v) is 7.08. The molecule has 2 aromatic rings. The van der Waals surface area contributed by atoms with E-state index >= 15 is 0 Å². The maximum Gasteiger partial charge on any atom is 0.265 e. The van der Waals surface area contributed by atoms with Crippen LogP contribution in [0.3, 0.4) is 0 Å². The second kappa shape index (κ2) is 5.56. The smallest absolute Gasteiger partial charge is 0.265 e. The Bertz CT molecular complexity index is 750. The number of para-hydroxylation sites is 1. The van der Waals surface area contributed by atoms with Crippen molar-refractivity contribution >= 4 is 22.9 Å². The molecule has 1 aliphatic rings. The summed E-state index contributed by atoms with van der Waals surface area (Å²) in [6, 6.07) is 15.4. The number of nitrogens with zero attached hydrogens (tertiary/aromatic N) is 2. The van der Waals surface area contributed by atoms with Gasteiger partial charge in [-0.3, -0.25) is 9.69 Å². The van der Waals surface area contributed by atoms with Gasteiger partial charge < -0.3 is 9.64 Å². The molecule has 1 amide bonds. The Morgan fingerprint density at radius 3 is 2.59 bits per heavy atom. The second-order valence-corrected chi connectivity index (χ2v) is 5.37. The van der Waals surface area contributed by atoms with Crippen LogP contribution < -0.4 is 9.64 Å². The topological polar surface area (TPSA) is 32.8 Å². The third kappa shape index (κ3) is 2.33. The quantitative estimate of drug-likeness (QED) is 0.814. The lowest BCUT2D eigenvalue weighted by Crippen LogP contribution is -2.21. The van der Waals surface area contributed by atoms with Crippen LogP contribution in [-0.4, -0.2) is 32.0 Å². The van der Waals surface area contributed by atoms with E-state index < -0.39 is 0 Å². The number of amides is 1. The molecule has 0 fully saturated rings. The van der Waals surface area contributed by atoms with Gasteiger partial charge in [-0.05, 0) is 18.2 Å². The molecule has 22 heavy (non-hydrogen) atoms. The van der Waals surface area contributed by atoms with Gasteiger partial charge in [0.1, 0.15) is 5.75 Å². The van der Waals surface area contributed by atoms with Gasteiger partial charge in [-0.2, -0.15) is 0 Å². The summed E-state index contributed by atoms with van der Waals surface area (Å²) >= 11 is 0. The zero-order valence-electron chi connectivity index (χ0n) is 12.9. The van der Waals surface area contributed by atoms with E-state index in [1.807, 2.05) is 73.7 Å². The summed E-state index contributed by atoms with van der Waals surface area (Å²) in [6.07, 6.45) is 1.86. The third-order valence-corrected chi connectivity index (χ3v) is 3.57. The molecule has 0 atom stereocenters. The van der Waals surface area contributed by atoms with Crippen LogP contribution in [0, 0.1) is 0 Å². The molecule has 0 radical (unpaired) electrons. The van der Waals surface area contributed by atoms with E-state index in [4.69, 9.17) is 4.74 Å². The van der Waals surface area contributed by atoms with Gasteiger partial charge in [-0.15, -0.1) is 0 Å². The van der Waals surface area contributed by atoms with Gasteiger partial charge in [0.2, 0.25) is 0 Å². The number of methoxy groups -OCH3 is 1. The Kier molecular flexibility index (Phi) is 3.59. The Morgan fingerprint density at radius 1 is 1.09 bits per heavy atom. The molecule has 1 aliphatic heterocycles. The third-order valence-electron chi connectivity index (χ3n) is 3.57. The van der Waals surface area contributed by atoms with Gasteiger partial charge in [0.05, 0.1) is 24.1 Å². The lowest BCUT2D eigenvalue weighted by atomic mass is 10.1. The molecule has 4 heteroatoms. The Balaban J connectivity index is 2.15. The van der Waals surface area contributed by atoms with E-state index in [2.05, 4.69) is 0 Å². The second-order valence-electron chi connectivity index (χ2n) is 5.37. The highest BCUT2D eigenvalue weighted by atomic mass is 16.5. The van der Waals surface area contributed by atoms with Crippen LogP contribution >= 0.6 is 0 Å². The first kappa shape index (κ1) is 14.2. The van der Waals surface area contributed by atoms with E-state index in [1.54, 1.807) is 12.0 Å². The van der Waals surface area contributed by atoms with Crippen LogP contribution in [0.5, 0.6) is 5.75 Å². The monoisotopic (exact) mass is 294 g/mol. The fourth-order valence-electron chi connectivity index (χ4n) is 2.63. The molecule has 2 aromatic carbocycles. The number of fused-ring (bicyclic) bond motifs is 1. The molecule has 0 aromatic heterocycles. The molecule has 112 valence electrons. The molecule has 0 saturated heterocycles. The molecule has 1 heterocycles. The fraction of sp³-hybridized carbons (Fsp3) is 0.167. The Morgan fingerprint density at radius 2 is 1.86 bits per heavy atom. The van der Waals surface area contributed by atoms with Crippen molar-refractivity contribution in [3.05, 3.63) is 60.3 Å². The van der Waals surface area contributed by atoms with Crippen molar-refractivity contribution < 1.29 is 9.53 Å². The van der Waals surface area contributed by atoms with Gasteiger partial charge in [0.25, 0.3) is 5.91 Å². The highest BCUT2D eigenvalue weighted by Gasteiger charge is 2.33. The van der Waals surface area contributed by atoms with Crippen molar-refractivity contribution in [2.24, 2.45) is 0 Å². The number of carbonyl (C=O) groups is 1. The van der Waals surface area contributed by atoms with Gasteiger partial charge in [-0.1, -0.05) is 24.3 Å². The van der Waals surface area contributed by atoms with Crippen molar-refractivity contribution in [2.45, 2.75) is 0 Å². The van der Waals surface area contributed by atoms with Crippen LogP contribution in [0.15, 0.2) is 54.7 Å². The van der Waals surface area contributed by atoms with E-state index in [-0.39, 0.29) is 5.91 Å². The Labute approximate surface area is 130 Å². The van der Waals surface area contributed by atoms with Crippen LogP contribution in [0.1, 0.15) is 5.56 Å². The van der Waals surface area contributed by atoms with Gasteiger partial charge >= 0.3 is 0 Å². The molecule has 0 spiro atoms. The van der Waals surface area contributed by atoms with E-state index in [1.165, 1.54) is 0 Å². The standard InChI is InChI=1S/C18H18N2O2/c1-19(2)12-16-15-9-4-5-10-17(15)20(18(16)21)13-7-6-8-14(11-13)22-3/h4-12H,1-3H3/b16-12-. The van der Waals surface area contributed by atoms with Gasteiger partial charge in [0, 0.05) is 31.9 Å². The summed E-state index contributed by atoms with van der Waals surface area (Å²) in [4.78, 5) is 16.5. The average Bonchev–Trinajstić information content (AvgIpc) is 2.79. The minimum atomic E-state index is -0.0249. The zero-order chi connectivity index (χ0) is 15.7. The first-order chi connectivity index (χ1) is 10.6. The lowest BCUT2D eigenvalue weighted by molar-refractivity contribution is -0.112. The highest BCUT2D eigenvalue weighted by Crippen LogP contribution is 2.41. The van der Waals surface area contributed by atoms with Crippen molar-refractivity contribution in [3.63, 3.8) is 0 Å². The molecule has 0 saturated carbocycles. The molecule has 4 nitrogen and oxygen atoms in total. The average molecular weight is 294 g/mol. The van der Waals surface area contributed by atoms with Crippen molar-refractivity contribution in [1.29, 1.82) is 0 Å². The minimum Gasteiger partial charge on any atom is -0.497 e. The predicted molar refractivity (Wildman–Crippen MR) is 88.2 cm³/mol. The SMILES string of the molecule is COc1cccc(N2C(=O)/C(=C\N(C)C)c3ccccc32)c1. The maximum atomic E-state index is 12.9. The fourth-order valence-corrected chi connectivity index (χ4v) is 2.63. The van der Waals surface area contributed by atoms with E-state index in [9.17, 15) is 4.79 Å². The molecule has 0 bridgehead atoms. The van der Waals surface area contributed by atoms with Crippen molar-refractivity contribution in [3.8, 4) is 5.75 Å². The number of hydrogen-bond donors (Lipinski definition) is 0. The number of rotatable bonds is 3. The van der Waals surface area contributed by atoms with E-state index in [0.717, 1.165) is 22.7 Å². The highest BCUT2D eigenvalue weighted by molar-refractivity contribution is 6.34. The number of anilines is 2. The lowest BCUT2D eigenvalue weighted by Gasteiger charge is -2.18. The van der Waals surface area contributed by atoms with Gasteiger partial charge in [0.15, 0.2) is 0 Å². The van der Waals surface area contributed by atoms with E-state index in [0.29, 0.717) is 5.57 Å². The number of hydrogen-bond acceptors (Lipinski definition) is 3. The molecule has 0 N–H and O–H groups in total. The molecule has 0 unspecified atom stereocenters. The summed E-state index contributed by atoms with van der Waals surface area (Å²) in [5.41, 5.74) is 3.35. The summed E-state index contributed by atoms with van der Waals surface area (Å²) in [5.74, 6) is 0.705. The van der Waals surface area contributed by atoms with Gasteiger partial charge in [-0.25, -0.2) is 0 Å². The molecule has 3 rings (SSSR count). The number of carbonyl (C=O) groups excluding carboxylic acids is 1. The maximum absolute atomic E-state index is 12.9. The largest absolute Gasteiger partial charge is 0.497 e. The van der Waals surface area contributed by atoms with Crippen LogP contribution in [-0.2, 0) is 4.79 Å². The summed E-state index contributed by atoms with van der Waals surface area (Å²) < 4.78 is 5.27. The number of ether oxygens (including phenoxy) is 1. The molecular formula is C18H18N2O2. The van der Waals surface area contributed by atoms with Crippen LogP contribution in [0.2, 0.25) is 0 Å². The minimum absolute atomic E-state index is 0.0249. The first-order valence-electron chi connectivity index (χ1n) is 7.08. The summed E-state index contributed by atoms with van der Waals surface area (Å²) in [6.45, 7) is 0. The molecule has 0 aliphatic carbocycles. The van der Waals surface area contributed by atoms with Crippen molar-refractivity contribution in [2.75, 3.05) is 26.1 Å². The van der Waals surface area contributed by atoms with Crippen LogP contribution in [0.4, 0.5) is 11.4 Å². The normalized spacial score (nSPS) is 15.1. The summed E-state index contributed by atoms with van der Waals surface area (Å²) in [5, 5.41) is 0. The van der Waals surface area contributed by atoms with Crippen LogP contribution in [0.25, 0.3) is 5.57 Å². The summed E-state index contributed by atoms with van der Waals surface area (Å²) in [7, 11) is 5.45. The van der Waals surface area contributed by atoms with Crippen molar-refractivity contribution in [1.82, 2.24) is 4.90 Å². The molecular weight excluding hydrogens is 276 g/mol. The zero-order valence-corrected chi connectivity index (χ0v) is 12.9.